The summed E-state index contributed by atoms with van der Waals surface area (Å²) in [6, 6.07) is 0. The Morgan fingerprint density at radius 1 is 1.54 bits per heavy atom. The van der Waals surface area contributed by atoms with Gasteiger partial charge in [0.05, 0.1) is 12.4 Å². The molecular weight excluding hydrogens is 196 g/mol. The zero-order chi connectivity index (χ0) is 10.3. The molecule has 0 aromatic heterocycles. The second-order valence-electron chi connectivity index (χ2n) is 2.35. The smallest absolute Gasteiger partial charge is 0.305 e. The van der Waals surface area contributed by atoms with Gasteiger partial charge in [-0.05, 0) is 13.3 Å². The van der Waals surface area contributed by atoms with Crippen LogP contribution in [0.5, 0.6) is 0 Å². The van der Waals surface area contributed by atoms with Crippen LogP contribution < -0.4 is 10.7 Å². The van der Waals surface area contributed by atoms with Gasteiger partial charge in [0.25, 0.3) is 0 Å². The lowest BCUT2D eigenvalue weighted by molar-refractivity contribution is -0.143. The van der Waals surface area contributed by atoms with Crippen molar-refractivity contribution in [3.8, 4) is 0 Å². The minimum absolute atomic E-state index is 0.0920. The number of nitrogens with one attached hydrogen (secondary N) is 1. The number of hydrogen-bond donors (Lipinski definition) is 2. The van der Waals surface area contributed by atoms with Crippen molar-refractivity contribution < 1.29 is 17.9 Å². The second kappa shape index (κ2) is 5.90. The third kappa shape index (κ3) is 6.50. The van der Waals surface area contributed by atoms with Gasteiger partial charge in [0.15, 0.2) is 0 Å². The summed E-state index contributed by atoms with van der Waals surface area (Å²) < 4.78 is 26.1. The van der Waals surface area contributed by atoms with Gasteiger partial charge in [-0.3, -0.25) is 10.6 Å². The van der Waals surface area contributed by atoms with E-state index in [4.69, 9.17) is 5.84 Å². The fourth-order valence-electron chi connectivity index (χ4n) is 0.699. The minimum Gasteiger partial charge on any atom is -0.466 e. The third-order valence-electron chi connectivity index (χ3n) is 1.28. The zero-order valence-electron chi connectivity index (χ0n) is 7.45. The zero-order valence-corrected chi connectivity index (χ0v) is 8.26. The lowest BCUT2D eigenvalue weighted by Gasteiger charge is -2.02. The van der Waals surface area contributed by atoms with Crippen LogP contribution in [-0.2, 0) is 19.6 Å². The molecule has 0 aromatic carbocycles. The predicted molar refractivity (Wildman–Crippen MR) is 47.0 cm³/mol. The van der Waals surface area contributed by atoms with Gasteiger partial charge < -0.3 is 4.74 Å². The van der Waals surface area contributed by atoms with Crippen molar-refractivity contribution in [1.29, 1.82) is 0 Å². The average molecular weight is 210 g/mol. The average Bonchev–Trinajstić information content (AvgIpc) is 2.05. The highest BCUT2D eigenvalue weighted by molar-refractivity contribution is 7.89. The van der Waals surface area contributed by atoms with Crippen molar-refractivity contribution in [3.63, 3.8) is 0 Å². The van der Waals surface area contributed by atoms with E-state index in [1.54, 1.807) is 11.8 Å². The lowest BCUT2D eigenvalue weighted by Crippen LogP contribution is -2.32. The maximum Gasteiger partial charge on any atom is 0.305 e. The molecule has 0 heterocycles. The standard InChI is InChI=1S/C6H14N2O4S/c1-2-12-6(9)4-3-5-13(10,11)8-7/h8H,2-5,7H2,1H3. The fourth-order valence-corrected chi connectivity index (χ4v) is 1.34. The van der Waals surface area contributed by atoms with Gasteiger partial charge in [0.1, 0.15) is 0 Å². The number of hydrogen-bond acceptors (Lipinski definition) is 5. The molecule has 0 radical (unpaired) electrons. The first-order chi connectivity index (χ1) is 6.02. The van der Waals surface area contributed by atoms with Gasteiger partial charge in [-0.15, -0.1) is 0 Å². The Balaban J connectivity index is 3.62. The van der Waals surface area contributed by atoms with Crippen molar-refractivity contribution in [1.82, 2.24) is 4.83 Å². The number of sulfonamides is 1. The summed E-state index contributed by atoms with van der Waals surface area (Å²) in [4.78, 5) is 12.4. The van der Waals surface area contributed by atoms with Gasteiger partial charge >= 0.3 is 5.97 Å². The maximum absolute atomic E-state index is 10.8. The van der Waals surface area contributed by atoms with Crippen LogP contribution in [0.15, 0.2) is 0 Å². The molecule has 0 unspecified atom stereocenters. The van der Waals surface area contributed by atoms with Crippen molar-refractivity contribution in [2.75, 3.05) is 12.4 Å². The Morgan fingerprint density at radius 2 is 2.15 bits per heavy atom. The van der Waals surface area contributed by atoms with E-state index in [0.29, 0.717) is 6.61 Å². The van der Waals surface area contributed by atoms with Gasteiger partial charge in [-0.2, -0.15) is 4.83 Å². The minimum atomic E-state index is -3.41. The third-order valence-corrected chi connectivity index (χ3v) is 2.46. The molecule has 0 saturated carbocycles. The summed E-state index contributed by atoms with van der Waals surface area (Å²) in [5.74, 6) is 4.17. The number of esters is 1. The monoisotopic (exact) mass is 210 g/mol. The second-order valence-corrected chi connectivity index (χ2v) is 4.22. The number of hydrazine groups is 1. The highest BCUT2D eigenvalue weighted by atomic mass is 32.2. The first-order valence-electron chi connectivity index (χ1n) is 3.87. The lowest BCUT2D eigenvalue weighted by atomic mass is 10.3. The largest absolute Gasteiger partial charge is 0.466 e. The van der Waals surface area contributed by atoms with Gasteiger partial charge in [0.2, 0.25) is 10.0 Å². The molecule has 0 amide bonds. The number of carbonyl (C=O) groups is 1. The van der Waals surface area contributed by atoms with Crippen LogP contribution in [0.4, 0.5) is 0 Å². The van der Waals surface area contributed by atoms with Gasteiger partial charge in [-0.25, -0.2) is 8.42 Å². The Bertz CT molecular complexity index is 249. The topological polar surface area (TPSA) is 98.5 Å². The van der Waals surface area contributed by atoms with E-state index in [9.17, 15) is 13.2 Å². The molecule has 0 aliphatic rings. The molecule has 6 nitrogen and oxygen atoms in total. The molecule has 7 heteroatoms. The number of carbonyl (C=O) groups excluding carboxylic acids is 1. The van der Waals surface area contributed by atoms with Gasteiger partial charge in [0, 0.05) is 6.42 Å². The molecule has 0 rings (SSSR count). The van der Waals surface area contributed by atoms with Crippen LogP contribution in [0.1, 0.15) is 19.8 Å². The van der Waals surface area contributed by atoms with Crippen LogP contribution in [0.2, 0.25) is 0 Å². The number of rotatable bonds is 6. The summed E-state index contributed by atoms with van der Waals surface area (Å²) in [6.45, 7) is 2.00. The Kier molecular flexibility index (Phi) is 5.60. The molecule has 0 aliphatic heterocycles. The Hall–Kier alpha value is -0.660. The van der Waals surface area contributed by atoms with Crippen molar-refractivity contribution in [3.05, 3.63) is 0 Å². The van der Waals surface area contributed by atoms with Gasteiger partial charge in [-0.1, -0.05) is 0 Å². The van der Waals surface area contributed by atoms with E-state index in [2.05, 4.69) is 4.74 Å². The summed E-state index contributed by atoms with van der Waals surface area (Å²) in [6.07, 6.45) is 0.306. The molecule has 0 atom stereocenters. The van der Waals surface area contributed by atoms with E-state index in [-0.39, 0.29) is 18.6 Å². The molecule has 0 saturated heterocycles. The van der Waals surface area contributed by atoms with E-state index in [0.717, 1.165) is 0 Å². The fraction of sp³-hybridized carbons (Fsp3) is 0.833. The van der Waals surface area contributed by atoms with Crippen molar-refractivity contribution in [2.24, 2.45) is 5.84 Å². The molecule has 0 spiro atoms. The molecule has 0 aromatic rings. The molecule has 78 valence electrons. The number of nitrogens with two attached hydrogens (primary N) is 1. The summed E-state index contributed by atoms with van der Waals surface area (Å²) >= 11 is 0. The maximum atomic E-state index is 10.8. The van der Waals surface area contributed by atoms with Crippen LogP contribution in [0.3, 0.4) is 0 Å². The normalized spacial score (nSPS) is 11.2. The highest BCUT2D eigenvalue weighted by Gasteiger charge is 2.09. The van der Waals surface area contributed by atoms with E-state index in [1.807, 2.05) is 0 Å². The SMILES string of the molecule is CCOC(=O)CCCS(=O)(=O)NN. The quantitative estimate of drug-likeness (QED) is 0.337. The van der Waals surface area contributed by atoms with Crippen LogP contribution in [0.25, 0.3) is 0 Å². The van der Waals surface area contributed by atoms with E-state index < -0.39 is 16.0 Å². The van der Waals surface area contributed by atoms with E-state index in [1.165, 1.54) is 0 Å². The first kappa shape index (κ1) is 12.3. The van der Waals surface area contributed by atoms with E-state index >= 15 is 0 Å². The summed E-state index contributed by atoms with van der Waals surface area (Å²) in [7, 11) is -3.41. The first-order valence-corrected chi connectivity index (χ1v) is 5.52. The molecular formula is C6H14N2O4S. The molecule has 0 fully saturated rings. The number of ether oxygens (including phenoxy) is 1. The predicted octanol–water partition coefficient (Wildman–Crippen LogP) is -0.877. The van der Waals surface area contributed by atoms with Crippen molar-refractivity contribution >= 4 is 16.0 Å². The molecule has 0 bridgehead atoms. The van der Waals surface area contributed by atoms with Crippen LogP contribution in [-0.4, -0.2) is 26.7 Å². The van der Waals surface area contributed by atoms with Crippen LogP contribution in [0, 0.1) is 0 Å². The Labute approximate surface area is 77.5 Å². The molecule has 13 heavy (non-hydrogen) atoms. The summed E-state index contributed by atoms with van der Waals surface area (Å²) in [5, 5.41) is 0. The molecule has 0 aliphatic carbocycles. The van der Waals surface area contributed by atoms with Crippen LogP contribution >= 0.6 is 0 Å². The molecule has 3 N–H and O–H groups in total. The van der Waals surface area contributed by atoms with Crippen molar-refractivity contribution in [2.45, 2.75) is 19.8 Å². The highest BCUT2D eigenvalue weighted by Crippen LogP contribution is 1.95. The Morgan fingerprint density at radius 3 is 2.62 bits per heavy atom. The summed E-state index contributed by atoms with van der Waals surface area (Å²) in [5.41, 5.74) is 0.